The lowest BCUT2D eigenvalue weighted by Crippen LogP contribution is -2.39. The van der Waals surface area contributed by atoms with E-state index < -0.39 is 28.2 Å². The molecule has 1 aromatic heterocycles. The van der Waals surface area contributed by atoms with Crippen LogP contribution in [0.25, 0.3) is 0 Å². The van der Waals surface area contributed by atoms with Gasteiger partial charge in [-0.05, 0) is 36.1 Å². The van der Waals surface area contributed by atoms with Crippen molar-refractivity contribution in [2.24, 2.45) is 0 Å². The van der Waals surface area contributed by atoms with Gasteiger partial charge in [-0.15, -0.1) is 0 Å². The molecule has 0 spiro atoms. The second kappa shape index (κ2) is 8.67. The molecule has 3 heterocycles. The van der Waals surface area contributed by atoms with Crippen molar-refractivity contribution >= 4 is 35.0 Å². The minimum atomic E-state index is -1.05. The zero-order valence-corrected chi connectivity index (χ0v) is 18.8. The van der Waals surface area contributed by atoms with Gasteiger partial charge in [0.15, 0.2) is 0 Å². The maximum Gasteiger partial charge on any atom is 0.269 e. The Hall–Kier alpha value is -4.54. The highest BCUT2D eigenvalue weighted by atomic mass is 16.6. The fourth-order valence-corrected chi connectivity index (χ4v) is 4.53. The Bertz CT molecular complexity index is 1430. The van der Waals surface area contributed by atoms with Crippen LogP contribution in [-0.2, 0) is 22.6 Å². The van der Waals surface area contributed by atoms with E-state index in [2.05, 4.69) is 26.7 Å². The van der Waals surface area contributed by atoms with Crippen LogP contribution in [0.15, 0.2) is 47.3 Å². The molecule has 0 fully saturated rings. The summed E-state index contributed by atoms with van der Waals surface area (Å²) in [5.41, 5.74) is 2.72. The second-order valence-corrected chi connectivity index (χ2v) is 8.64. The molecule has 5 rings (SSSR count). The van der Waals surface area contributed by atoms with E-state index in [-0.39, 0.29) is 23.5 Å². The smallest absolute Gasteiger partial charge is 0.269 e. The average Bonchev–Trinajstić information content (AvgIpc) is 2.83. The number of nitro benzene ring substituents is 1. The fraction of sp³-hybridized carbons (Fsp3) is 0.250. The third kappa shape index (κ3) is 4.23. The number of rotatable bonds is 4. The first kappa shape index (κ1) is 22.3. The van der Waals surface area contributed by atoms with Gasteiger partial charge >= 0.3 is 0 Å². The van der Waals surface area contributed by atoms with Gasteiger partial charge in [0.1, 0.15) is 5.82 Å². The molecule has 3 aromatic rings. The molecule has 3 N–H and O–H groups in total. The summed E-state index contributed by atoms with van der Waals surface area (Å²) in [6.07, 6.45) is 0.578. The minimum absolute atomic E-state index is 0.0689. The lowest BCUT2D eigenvalue weighted by atomic mass is 9.92. The monoisotopic (exact) mass is 474 g/mol. The molecule has 2 aromatic carbocycles. The number of hydrogen-bond donors (Lipinski definition) is 3. The summed E-state index contributed by atoms with van der Waals surface area (Å²) in [7, 11) is 0. The van der Waals surface area contributed by atoms with Crippen LogP contribution in [0.3, 0.4) is 0 Å². The third-order valence-corrected chi connectivity index (χ3v) is 6.36. The van der Waals surface area contributed by atoms with Crippen molar-refractivity contribution in [3.63, 3.8) is 0 Å². The molecule has 178 valence electrons. The Balaban J connectivity index is 1.43. The molecule has 11 nitrogen and oxygen atoms in total. The van der Waals surface area contributed by atoms with Gasteiger partial charge in [-0.1, -0.05) is 24.3 Å². The standard InChI is InChI=1S/C24H22N6O5/c1-13-10-16(30(34)35)6-7-18(13)25-22(32)17-11-19(31)26-21-20(17)23(33)28-24(27-21)29-9-8-14-4-2-3-5-15(14)12-29/h2-7,10,17H,8-9,11-12H2,1H3,(H,25,32)(H2,26,27,28,31,33)/t17-/m0/s1. The van der Waals surface area contributed by atoms with Crippen molar-refractivity contribution in [3.8, 4) is 0 Å². The maximum absolute atomic E-state index is 13.1. The SMILES string of the molecule is Cc1cc([N+](=O)[O-])ccc1NC(=O)[C@H]1CC(=O)Nc2nc(N3CCc4ccccc4C3)[nH]c(=O)c21. The second-order valence-electron chi connectivity index (χ2n) is 8.64. The molecular weight excluding hydrogens is 452 g/mol. The highest BCUT2D eigenvalue weighted by Crippen LogP contribution is 2.32. The Labute approximate surface area is 199 Å². The fourth-order valence-electron chi connectivity index (χ4n) is 4.53. The first-order chi connectivity index (χ1) is 16.8. The van der Waals surface area contributed by atoms with Crippen LogP contribution in [0, 0.1) is 17.0 Å². The molecule has 35 heavy (non-hydrogen) atoms. The molecular formula is C24H22N6O5. The number of hydrogen-bond acceptors (Lipinski definition) is 7. The largest absolute Gasteiger partial charge is 0.338 e. The Morgan fingerprint density at radius 3 is 2.71 bits per heavy atom. The molecule has 1 atom stereocenters. The van der Waals surface area contributed by atoms with Crippen molar-refractivity contribution in [2.75, 3.05) is 22.1 Å². The van der Waals surface area contributed by atoms with Crippen molar-refractivity contribution in [1.29, 1.82) is 0 Å². The van der Waals surface area contributed by atoms with Crippen LogP contribution in [0.2, 0.25) is 0 Å². The summed E-state index contributed by atoms with van der Waals surface area (Å²) >= 11 is 0. The van der Waals surface area contributed by atoms with Gasteiger partial charge in [0.2, 0.25) is 17.8 Å². The Morgan fingerprint density at radius 1 is 1.20 bits per heavy atom. The number of aromatic amines is 1. The van der Waals surface area contributed by atoms with E-state index >= 15 is 0 Å². The van der Waals surface area contributed by atoms with Crippen molar-refractivity contribution in [3.05, 3.63) is 85.2 Å². The number of carbonyl (C=O) groups excluding carboxylic acids is 2. The maximum atomic E-state index is 13.1. The number of aromatic nitrogens is 2. The summed E-state index contributed by atoms with van der Waals surface area (Å²) < 4.78 is 0. The van der Waals surface area contributed by atoms with Crippen LogP contribution in [0.1, 0.15) is 34.6 Å². The molecule has 0 radical (unpaired) electrons. The minimum Gasteiger partial charge on any atom is -0.338 e. The number of nitrogens with one attached hydrogen (secondary N) is 3. The highest BCUT2D eigenvalue weighted by Gasteiger charge is 2.35. The number of nitro groups is 1. The molecule has 0 bridgehead atoms. The number of H-pyrrole nitrogens is 1. The highest BCUT2D eigenvalue weighted by molar-refractivity contribution is 6.04. The number of aryl methyl sites for hydroxylation is 1. The first-order valence-corrected chi connectivity index (χ1v) is 11.1. The Kier molecular flexibility index (Phi) is 5.51. The van der Waals surface area contributed by atoms with Gasteiger partial charge in [0, 0.05) is 37.3 Å². The van der Waals surface area contributed by atoms with Gasteiger partial charge < -0.3 is 15.5 Å². The van der Waals surface area contributed by atoms with Crippen LogP contribution >= 0.6 is 0 Å². The van der Waals surface area contributed by atoms with Crippen molar-refractivity contribution in [1.82, 2.24) is 9.97 Å². The van der Waals surface area contributed by atoms with Crippen molar-refractivity contribution < 1.29 is 14.5 Å². The zero-order chi connectivity index (χ0) is 24.7. The number of anilines is 3. The van der Waals surface area contributed by atoms with Gasteiger partial charge in [-0.3, -0.25) is 29.5 Å². The van der Waals surface area contributed by atoms with E-state index in [0.717, 1.165) is 12.0 Å². The number of fused-ring (bicyclic) bond motifs is 2. The normalized spacial score (nSPS) is 16.7. The summed E-state index contributed by atoms with van der Waals surface area (Å²) in [6, 6.07) is 12.1. The first-order valence-electron chi connectivity index (χ1n) is 11.1. The van der Waals surface area contributed by atoms with Crippen LogP contribution < -0.4 is 21.1 Å². The van der Waals surface area contributed by atoms with Crippen LogP contribution in [-0.4, -0.2) is 33.3 Å². The van der Waals surface area contributed by atoms with E-state index in [9.17, 15) is 24.5 Å². The number of carbonyl (C=O) groups is 2. The van der Waals surface area contributed by atoms with E-state index in [1.54, 1.807) is 6.92 Å². The topological polar surface area (TPSA) is 150 Å². The third-order valence-electron chi connectivity index (χ3n) is 6.36. The lowest BCUT2D eigenvalue weighted by Gasteiger charge is -2.30. The van der Waals surface area contributed by atoms with E-state index in [0.29, 0.717) is 30.3 Å². The molecule has 2 aliphatic rings. The van der Waals surface area contributed by atoms with Crippen molar-refractivity contribution in [2.45, 2.75) is 32.2 Å². The molecule has 0 aliphatic carbocycles. The molecule has 0 saturated heterocycles. The summed E-state index contributed by atoms with van der Waals surface area (Å²) in [5.74, 6) is -1.65. The number of non-ortho nitro benzene ring substituents is 1. The van der Waals surface area contributed by atoms with Gasteiger partial charge in [0.05, 0.1) is 16.4 Å². The van der Waals surface area contributed by atoms with Gasteiger partial charge in [-0.2, -0.15) is 4.98 Å². The average molecular weight is 474 g/mol. The Morgan fingerprint density at radius 2 is 1.97 bits per heavy atom. The molecule has 0 saturated carbocycles. The van der Waals surface area contributed by atoms with E-state index in [1.807, 2.05) is 23.1 Å². The van der Waals surface area contributed by atoms with Gasteiger partial charge in [0.25, 0.3) is 11.2 Å². The molecule has 11 heteroatoms. The van der Waals surface area contributed by atoms with Crippen LogP contribution in [0.4, 0.5) is 23.1 Å². The van der Waals surface area contributed by atoms with E-state index in [1.165, 1.54) is 23.8 Å². The predicted octanol–water partition coefficient (Wildman–Crippen LogP) is 2.61. The van der Waals surface area contributed by atoms with E-state index in [4.69, 9.17) is 0 Å². The zero-order valence-electron chi connectivity index (χ0n) is 18.8. The summed E-state index contributed by atoms with van der Waals surface area (Å²) in [5, 5.41) is 16.3. The quantitative estimate of drug-likeness (QED) is 0.388. The summed E-state index contributed by atoms with van der Waals surface area (Å²) in [4.78, 5) is 58.3. The van der Waals surface area contributed by atoms with Crippen LogP contribution in [0.5, 0.6) is 0 Å². The molecule has 2 amide bonds. The number of benzene rings is 2. The predicted molar refractivity (Wildman–Crippen MR) is 129 cm³/mol. The molecule has 0 unspecified atom stereocenters. The lowest BCUT2D eigenvalue weighted by molar-refractivity contribution is -0.384. The molecule has 2 aliphatic heterocycles. The number of nitrogens with zero attached hydrogens (tertiary/aromatic N) is 3. The summed E-state index contributed by atoms with van der Waals surface area (Å²) in [6.45, 7) is 2.84. The number of amides is 2. The van der Waals surface area contributed by atoms with Gasteiger partial charge in [-0.25, -0.2) is 0 Å².